The fraction of sp³-hybridized carbons (Fsp3) is 0.257. The Kier molecular flexibility index (Phi) is 7.94. The van der Waals surface area contributed by atoms with E-state index in [4.69, 9.17) is 4.42 Å². The number of benzene rings is 3. The first-order valence-electron chi connectivity index (χ1n) is 14.4. The van der Waals surface area contributed by atoms with Crippen LogP contribution < -0.4 is 5.63 Å². The molecule has 214 valence electrons. The number of aryl methyl sites for hydroxylation is 2. The van der Waals surface area contributed by atoms with E-state index in [2.05, 4.69) is 17.1 Å². The SMILES string of the molecule is O=c1oc(CCCCc2ccccc2)cc(O)c1C(c1cccc(CS(=O)(=O)c2ccc3ccccc3n2)c1)C1CC1. The van der Waals surface area contributed by atoms with Crippen LogP contribution in [-0.2, 0) is 28.4 Å². The van der Waals surface area contributed by atoms with Crippen molar-refractivity contribution >= 4 is 20.7 Å². The van der Waals surface area contributed by atoms with E-state index in [-0.39, 0.29) is 33.9 Å². The molecule has 1 saturated carbocycles. The monoisotopic (exact) mass is 579 g/mol. The van der Waals surface area contributed by atoms with Crippen molar-refractivity contribution in [2.75, 3.05) is 0 Å². The van der Waals surface area contributed by atoms with E-state index < -0.39 is 15.5 Å². The Morgan fingerprint density at radius 1 is 0.833 bits per heavy atom. The number of hydrogen-bond acceptors (Lipinski definition) is 6. The molecule has 7 heteroatoms. The molecular weight excluding hydrogens is 546 g/mol. The molecule has 2 heterocycles. The van der Waals surface area contributed by atoms with Gasteiger partial charge in [0.1, 0.15) is 11.5 Å². The minimum atomic E-state index is -3.71. The summed E-state index contributed by atoms with van der Waals surface area (Å²) in [5.74, 6) is 0.0251. The Bertz CT molecular complexity index is 1880. The molecule has 2 aromatic heterocycles. The van der Waals surface area contributed by atoms with Crippen LogP contribution in [0.2, 0.25) is 0 Å². The summed E-state index contributed by atoms with van der Waals surface area (Å²) < 4.78 is 32.3. The number of unbranched alkanes of at least 4 members (excludes halogenated alkanes) is 1. The highest BCUT2D eigenvalue weighted by Crippen LogP contribution is 2.47. The molecular formula is C35H33NO5S. The summed E-state index contributed by atoms with van der Waals surface area (Å²) >= 11 is 0. The van der Waals surface area contributed by atoms with Gasteiger partial charge in [-0.3, -0.25) is 0 Å². The van der Waals surface area contributed by atoms with Gasteiger partial charge in [0.05, 0.1) is 16.8 Å². The van der Waals surface area contributed by atoms with Crippen LogP contribution in [0.3, 0.4) is 0 Å². The van der Waals surface area contributed by atoms with Crippen LogP contribution in [0.1, 0.15) is 59.6 Å². The Morgan fingerprint density at radius 3 is 2.36 bits per heavy atom. The third kappa shape index (κ3) is 6.31. The van der Waals surface area contributed by atoms with Crippen molar-refractivity contribution in [2.24, 2.45) is 5.92 Å². The minimum absolute atomic E-state index is 0.0305. The van der Waals surface area contributed by atoms with Gasteiger partial charge in [-0.05, 0) is 72.9 Å². The number of sulfone groups is 1. The standard InChI is InChI=1S/C35H33NO5S/c37-31-22-29(15-6-4-11-24-9-2-1-3-10-24)41-35(38)34(31)33(27-17-18-27)28-14-8-12-25(21-28)23-42(39,40)32-20-19-26-13-5-7-16-30(26)36-32/h1-3,5,7-10,12-14,16,19-22,27,33,37H,4,6,11,15,17-18,23H2. The highest BCUT2D eigenvalue weighted by Gasteiger charge is 2.37. The van der Waals surface area contributed by atoms with E-state index in [0.29, 0.717) is 23.3 Å². The molecule has 1 aliphatic rings. The Hall–Kier alpha value is -4.23. The third-order valence-corrected chi connectivity index (χ3v) is 9.54. The smallest absolute Gasteiger partial charge is 0.343 e. The van der Waals surface area contributed by atoms with Crippen molar-refractivity contribution in [2.45, 2.75) is 55.2 Å². The Labute approximate surface area is 245 Å². The number of nitrogens with zero attached hydrogens (tertiary/aromatic N) is 1. The van der Waals surface area contributed by atoms with Crippen molar-refractivity contribution in [1.29, 1.82) is 0 Å². The number of pyridine rings is 1. The van der Waals surface area contributed by atoms with Crippen molar-refractivity contribution in [1.82, 2.24) is 4.98 Å². The van der Waals surface area contributed by atoms with Crippen LogP contribution in [0, 0.1) is 5.92 Å². The number of aromatic nitrogens is 1. The first kappa shape index (κ1) is 27.9. The number of rotatable bonds is 11. The lowest BCUT2D eigenvalue weighted by Gasteiger charge is -2.19. The lowest BCUT2D eigenvalue weighted by Crippen LogP contribution is -2.17. The average Bonchev–Trinajstić information content (AvgIpc) is 3.83. The van der Waals surface area contributed by atoms with E-state index in [0.717, 1.165) is 43.1 Å². The van der Waals surface area contributed by atoms with Gasteiger partial charge in [0, 0.05) is 23.8 Å². The number of aromatic hydroxyl groups is 1. The number of para-hydroxylation sites is 1. The second-order valence-corrected chi connectivity index (χ2v) is 13.1. The zero-order valence-corrected chi connectivity index (χ0v) is 24.1. The normalized spacial score (nSPS) is 14.2. The van der Waals surface area contributed by atoms with Crippen LogP contribution in [0.25, 0.3) is 10.9 Å². The molecule has 6 rings (SSSR count). The van der Waals surface area contributed by atoms with Crippen molar-refractivity contribution in [3.05, 3.63) is 135 Å². The van der Waals surface area contributed by atoms with Crippen molar-refractivity contribution in [3.8, 4) is 5.75 Å². The summed E-state index contributed by atoms with van der Waals surface area (Å²) in [6.07, 6.45) is 5.15. The molecule has 3 aromatic carbocycles. The molecule has 0 saturated heterocycles. The van der Waals surface area contributed by atoms with E-state index in [1.807, 2.05) is 54.6 Å². The van der Waals surface area contributed by atoms with Gasteiger partial charge in [-0.2, -0.15) is 0 Å². The van der Waals surface area contributed by atoms with E-state index in [1.165, 1.54) is 5.56 Å². The van der Waals surface area contributed by atoms with Crippen LogP contribution in [-0.4, -0.2) is 18.5 Å². The zero-order valence-electron chi connectivity index (χ0n) is 23.3. The minimum Gasteiger partial charge on any atom is -0.507 e. The summed E-state index contributed by atoms with van der Waals surface area (Å²) in [7, 11) is -3.71. The maximum Gasteiger partial charge on any atom is 0.343 e. The predicted molar refractivity (Wildman–Crippen MR) is 163 cm³/mol. The maximum atomic E-state index is 13.3. The second kappa shape index (κ2) is 11.9. The number of fused-ring (bicyclic) bond motifs is 1. The summed E-state index contributed by atoms with van der Waals surface area (Å²) in [6.45, 7) is 0. The van der Waals surface area contributed by atoms with Gasteiger partial charge < -0.3 is 9.52 Å². The lowest BCUT2D eigenvalue weighted by molar-refractivity contribution is 0.400. The Morgan fingerprint density at radius 2 is 1.57 bits per heavy atom. The highest BCUT2D eigenvalue weighted by atomic mass is 32.2. The fourth-order valence-corrected chi connectivity index (χ4v) is 6.99. The topological polar surface area (TPSA) is 97.5 Å². The van der Waals surface area contributed by atoms with Gasteiger partial charge in [-0.1, -0.05) is 72.8 Å². The zero-order chi connectivity index (χ0) is 29.1. The van der Waals surface area contributed by atoms with Gasteiger partial charge in [0.2, 0.25) is 0 Å². The third-order valence-electron chi connectivity index (χ3n) is 7.96. The molecule has 1 atom stereocenters. The molecule has 42 heavy (non-hydrogen) atoms. The summed E-state index contributed by atoms with van der Waals surface area (Å²) in [4.78, 5) is 17.6. The molecule has 1 fully saturated rings. The summed E-state index contributed by atoms with van der Waals surface area (Å²) in [5.41, 5.74) is 3.03. The fourth-order valence-electron chi connectivity index (χ4n) is 5.72. The molecule has 1 N–H and O–H groups in total. The second-order valence-electron chi connectivity index (χ2n) is 11.2. The molecule has 0 bridgehead atoms. The highest BCUT2D eigenvalue weighted by molar-refractivity contribution is 7.90. The van der Waals surface area contributed by atoms with Gasteiger partial charge >= 0.3 is 5.63 Å². The molecule has 6 nitrogen and oxygen atoms in total. The molecule has 0 radical (unpaired) electrons. The van der Waals surface area contributed by atoms with Crippen LogP contribution >= 0.6 is 0 Å². The van der Waals surface area contributed by atoms with Gasteiger partial charge in [-0.25, -0.2) is 18.2 Å². The van der Waals surface area contributed by atoms with Crippen molar-refractivity contribution < 1.29 is 17.9 Å². The van der Waals surface area contributed by atoms with Gasteiger partial charge in [0.15, 0.2) is 14.9 Å². The first-order chi connectivity index (χ1) is 20.4. The van der Waals surface area contributed by atoms with Crippen LogP contribution in [0.15, 0.2) is 111 Å². The van der Waals surface area contributed by atoms with E-state index in [1.54, 1.807) is 30.3 Å². The largest absolute Gasteiger partial charge is 0.507 e. The molecule has 0 spiro atoms. The van der Waals surface area contributed by atoms with Gasteiger partial charge in [-0.15, -0.1) is 0 Å². The summed E-state index contributed by atoms with van der Waals surface area (Å²) in [5, 5.41) is 11.9. The quantitative estimate of drug-likeness (QED) is 0.170. The van der Waals surface area contributed by atoms with Crippen molar-refractivity contribution in [3.63, 3.8) is 0 Å². The molecule has 0 amide bonds. The lowest BCUT2D eigenvalue weighted by atomic mass is 9.86. The van der Waals surface area contributed by atoms with Crippen LogP contribution in [0.5, 0.6) is 5.75 Å². The average molecular weight is 580 g/mol. The predicted octanol–water partition coefficient (Wildman–Crippen LogP) is 6.97. The van der Waals surface area contributed by atoms with E-state index >= 15 is 0 Å². The molecule has 1 aliphatic carbocycles. The maximum absolute atomic E-state index is 13.3. The van der Waals surface area contributed by atoms with Gasteiger partial charge in [0.25, 0.3) is 0 Å². The Balaban J connectivity index is 1.20. The number of hydrogen-bond donors (Lipinski definition) is 1. The first-order valence-corrected chi connectivity index (χ1v) is 16.1. The molecule has 5 aromatic rings. The summed E-state index contributed by atoms with van der Waals surface area (Å²) in [6, 6.07) is 29.9. The molecule has 0 aliphatic heterocycles. The van der Waals surface area contributed by atoms with E-state index in [9.17, 15) is 18.3 Å². The van der Waals surface area contributed by atoms with Crippen LogP contribution in [0.4, 0.5) is 0 Å². The molecule has 1 unspecified atom stereocenters.